The Morgan fingerprint density at radius 3 is 2.79 bits per heavy atom. The molecule has 24 heavy (non-hydrogen) atoms. The van der Waals surface area contributed by atoms with Crippen molar-refractivity contribution in [1.82, 2.24) is 20.1 Å². The van der Waals surface area contributed by atoms with Crippen LogP contribution < -0.4 is 10.6 Å². The first-order valence-electron chi connectivity index (χ1n) is 8.27. The number of benzene rings is 1. The summed E-state index contributed by atoms with van der Waals surface area (Å²) in [5.74, 6) is 0.949. The molecule has 4 rings (SSSR count). The molecule has 0 saturated heterocycles. The molecule has 1 aliphatic heterocycles. The smallest absolute Gasteiger partial charge is 0.157 e. The Kier molecular flexibility index (Phi) is 3.78. The number of rotatable bonds is 3. The van der Waals surface area contributed by atoms with Crippen molar-refractivity contribution in [3.8, 4) is 11.1 Å². The highest BCUT2D eigenvalue weighted by molar-refractivity contribution is 5.69. The first-order chi connectivity index (χ1) is 11.7. The van der Waals surface area contributed by atoms with E-state index < -0.39 is 0 Å². The number of hydrogen-bond acceptors (Lipinski definition) is 4. The van der Waals surface area contributed by atoms with Crippen LogP contribution in [0.5, 0.6) is 0 Å². The second-order valence-electron chi connectivity index (χ2n) is 6.16. The van der Waals surface area contributed by atoms with Crippen molar-refractivity contribution in [2.24, 2.45) is 7.05 Å². The van der Waals surface area contributed by atoms with E-state index in [4.69, 9.17) is 0 Å². The molecule has 122 valence electrons. The Labute approximate surface area is 141 Å². The van der Waals surface area contributed by atoms with Crippen LogP contribution in [0.4, 0.5) is 11.5 Å². The average Bonchev–Trinajstić information content (AvgIpc) is 2.93. The normalized spacial score (nSPS) is 13.6. The van der Waals surface area contributed by atoms with Crippen LogP contribution in [0.25, 0.3) is 11.1 Å². The fourth-order valence-corrected chi connectivity index (χ4v) is 3.28. The van der Waals surface area contributed by atoms with Crippen molar-refractivity contribution < 1.29 is 0 Å². The zero-order chi connectivity index (χ0) is 16.5. The Balaban J connectivity index is 1.60. The highest BCUT2D eigenvalue weighted by Crippen LogP contribution is 2.27. The Morgan fingerprint density at radius 1 is 1.17 bits per heavy atom. The summed E-state index contributed by atoms with van der Waals surface area (Å²) in [5.41, 5.74) is 7.03. The predicted molar refractivity (Wildman–Crippen MR) is 96.3 cm³/mol. The number of aryl methyl sites for hydroxylation is 2. The second-order valence-corrected chi connectivity index (χ2v) is 6.16. The van der Waals surface area contributed by atoms with Crippen LogP contribution in [-0.4, -0.2) is 21.3 Å². The lowest BCUT2D eigenvalue weighted by molar-refractivity contribution is 0.604. The van der Waals surface area contributed by atoms with Gasteiger partial charge in [0.2, 0.25) is 0 Å². The minimum Gasteiger partial charge on any atom is -0.338 e. The Hall–Kier alpha value is -2.66. The lowest BCUT2D eigenvalue weighted by Gasteiger charge is -2.14. The summed E-state index contributed by atoms with van der Waals surface area (Å²) in [6, 6.07) is 12.5. The van der Waals surface area contributed by atoms with Gasteiger partial charge in [0.15, 0.2) is 5.82 Å². The predicted octanol–water partition coefficient (Wildman–Crippen LogP) is 3.18. The minimum absolute atomic E-state index is 0.873. The van der Waals surface area contributed by atoms with Crippen LogP contribution in [0, 0.1) is 6.92 Å². The van der Waals surface area contributed by atoms with Gasteiger partial charge in [-0.3, -0.25) is 9.67 Å². The lowest BCUT2D eigenvalue weighted by Crippen LogP contribution is -2.24. The fourth-order valence-electron chi connectivity index (χ4n) is 3.28. The fraction of sp³-hybridized carbons (Fsp3) is 0.263. The molecule has 0 aliphatic carbocycles. The molecule has 2 aromatic heterocycles. The van der Waals surface area contributed by atoms with Gasteiger partial charge in [0, 0.05) is 61.0 Å². The Bertz CT molecular complexity index is 864. The topological polar surface area (TPSA) is 54.8 Å². The van der Waals surface area contributed by atoms with E-state index in [2.05, 4.69) is 51.0 Å². The molecule has 0 fully saturated rings. The van der Waals surface area contributed by atoms with E-state index >= 15 is 0 Å². The monoisotopic (exact) mass is 319 g/mol. The first kappa shape index (κ1) is 14.9. The van der Waals surface area contributed by atoms with Gasteiger partial charge in [-0.15, -0.1) is 0 Å². The third kappa shape index (κ3) is 2.67. The molecule has 3 heterocycles. The van der Waals surface area contributed by atoms with Crippen molar-refractivity contribution in [2.75, 3.05) is 11.9 Å². The van der Waals surface area contributed by atoms with Crippen molar-refractivity contribution >= 4 is 11.5 Å². The van der Waals surface area contributed by atoms with Gasteiger partial charge in [0.25, 0.3) is 0 Å². The number of aromatic nitrogens is 3. The van der Waals surface area contributed by atoms with Crippen LogP contribution in [0.1, 0.15) is 17.0 Å². The highest BCUT2D eigenvalue weighted by atomic mass is 15.3. The maximum absolute atomic E-state index is 4.64. The van der Waals surface area contributed by atoms with E-state index in [0.29, 0.717) is 0 Å². The van der Waals surface area contributed by atoms with E-state index in [9.17, 15) is 0 Å². The zero-order valence-electron chi connectivity index (χ0n) is 14.0. The third-order valence-electron chi connectivity index (χ3n) is 4.58. The molecule has 1 aliphatic rings. The van der Waals surface area contributed by atoms with Gasteiger partial charge in [-0.05, 0) is 30.7 Å². The van der Waals surface area contributed by atoms with Crippen molar-refractivity contribution in [1.29, 1.82) is 0 Å². The number of fused-ring (bicyclic) bond motifs is 1. The van der Waals surface area contributed by atoms with Gasteiger partial charge in [-0.1, -0.05) is 18.2 Å². The molecule has 0 unspecified atom stereocenters. The number of anilines is 2. The summed E-state index contributed by atoms with van der Waals surface area (Å²) < 4.78 is 1.99. The van der Waals surface area contributed by atoms with Crippen LogP contribution >= 0.6 is 0 Å². The molecule has 5 heteroatoms. The van der Waals surface area contributed by atoms with Crippen LogP contribution in [0.2, 0.25) is 0 Å². The van der Waals surface area contributed by atoms with Crippen molar-refractivity contribution in [2.45, 2.75) is 19.9 Å². The number of pyridine rings is 1. The van der Waals surface area contributed by atoms with Crippen LogP contribution in [-0.2, 0) is 20.0 Å². The molecule has 0 amide bonds. The summed E-state index contributed by atoms with van der Waals surface area (Å²) in [7, 11) is 2.02. The van der Waals surface area contributed by atoms with E-state index in [1.165, 1.54) is 22.4 Å². The molecule has 0 atom stereocenters. The summed E-state index contributed by atoms with van der Waals surface area (Å²) in [4.78, 5) is 4.36. The SMILES string of the molecule is Cc1ncccc1-c1ccc(Nc2nn(C)c3c2CNCC3)cc1. The third-order valence-corrected chi connectivity index (χ3v) is 4.58. The van der Waals surface area contributed by atoms with Crippen LogP contribution in [0.15, 0.2) is 42.6 Å². The summed E-state index contributed by atoms with van der Waals surface area (Å²) in [5, 5.41) is 11.5. The molecule has 3 aromatic rings. The standard InChI is InChI=1S/C19H21N5/c1-13-16(4-3-10-21-13)14-5-7-15(8-6-14)22-19-17-12-20-11-9-18(17)24(2)23-19/h3-8,10,20H,9,11-12H2,1-2H3,(H,22,23). The first-order valence-corrected chi connectivity index (χ1v) is 8.27. The number of hydrogen-bond donors (Lipinski definition) is 2. The van der Waals surface area contributed by atoms with Gasteiger partial charge < -0.3 is 10.6 Å². The van der Waals surface area contributed by atoms with E-state index in [-0.39, 0.29) is 0 Å². The van der Waals surface area contributed by atoms with Gasteiger partial charge in [0.1, 0.15) is 0 Å². The molecule has 0 bridgehead atoms. The number of nitrogens with zero attached hydrogens (tertiary/aromatic N) is 3. The maximum Gasteiger partial charge on any atom is 0.157 e. The van der Waals surface area contributed by atoms with Crippen molar-refractivity contribution in [3.05, 3.63) is 59.5 Å². The molecule has 0 saturated carbocycles. The molecule has 1 aromatic carbocycles. The molecule has 2 N–H and O–H groups in total. The lowest BCUT2D eigenvalue weighted by atomic mass is 10.0. The number of nitrogens with one attached hydrogen (secondary N) is 2. The minimum atomic E-state index is 0.873. The highest BCUT2D eigenvalue weighted by Gasteiger charge is 2.19. The van der Waals surface area contributed by atoms with Crippen LogP contribution in [0.3, 0.4) is 0 Å². The van der Waals surface area contributed by atoms with E-state index in [1.54, 1.807) is 0 Å². The van der Waals surface area contributed by atoms with Crippen molar-refractivity contribution in [3.63, 3.8) is 0 Å². The van der Waals surface area contributed by atoms with E-state index in [1.807, 2.05) is 30.9 Å². The van der Waals surface area contributed by atoms with E-state index in [0.717, 1.165) is 36.7 Å². The average molecular weight is 319 g/mol. The zero-order valence-corrected chi connectivity index (χ0v) is 14.0. The maximum atomic E-state index is 4.64. The summed E-state index contributed by atoms with van der Waals surface area (Å²) >= 11 is 0. The summed E-state index contributed by atoms with van der Waals surface area (Å²) in [6.07, 6.45) is 2.85. The van der Waals surface area contributed by atoms with Gasteiger partial charge in [-0.2, -0.15) is 5.10 Å². The quantitative estimate of drug-likeness (QED) is 0.778. The Morgan fingerprint density at radius 2 is 2.00 bits per heavy atom. The van der Waals surface area contributed by atoms with Gasteiger partial charge in [-0.25, -0.2) is 0 Å². The second kappa shape index (κ2) is 6.09. The molecule has 0 radical (unpaired) electrons. The molecule has 5 nitrogen and oxygen atoms in total. The summed E-state index contributed by atoms with van der Waals surface area (Å²) in [6.45, 7) is 3.93. The molecular weight excluding hydrogens is 298 g/mol. The van der Waals surface area contributed by atoms with Gasteiger partial charge >= 0.3 is 0 Å². The molecular formula is C19H21N5. The largest absolute Gasteiger partial charge is 0.338 e. The van der Waals surface area contributed by atoms with Gasteiger partial charge in [0.05, 0.1) is 0 Å². The molecule has 0 spiro atoms.